The van der Waals surface area contributed by atoms with Gasteiger partial charge in [-0.05, 0) is 0 Å². The van der Waals surface area contributed by atoms with Crippen molar-refractivity contribution in [1.29, 1.82) is 0 Å². The molecule has 0 amide bonds. The summed E-state index contributed by atoms with van der Waals surface area (Å²) in [5, 5.41) is 0. The minimum Gasteiger partial charge on any atom is -0.370 e. The van der Waals surface area contributed by atoms with Gasteiger partial charge in [0.15, 0.2) is 6.67 Å². The van der Waals surface area contributed by atoms with Gasteiger partial charge >= 0.3 is 0 Å². The van der Waals surface area contributed by atoms with E-state index in [1.807, 2.05) is 0 Å². The molecule has 0 aliphatic carbocycles. The van der Waals surface area contributed by atoms with Crippen molar-refractivity contribution in [2.24, 2.45) is 0 Å². The first-order valence-corrected chi connectivity index (χ1v) is 1.48. The largest absolute Gasteiger partial charge is 0.370 e. The van der Waals surface area contributed by atoms with Gasteiger partial charge in [0.2, 0.25) is 0 Å². The normalized spacial score (nSPS) is 34.2. The van der Waals surface area contributed by atoms with Crippen molar-refractivity contribution >= 4 is 0 Å². The highest BCUT2D eigenvalue weighted by Gasteiger charge is 2.21. The predicted molar refractivity (Wildman–Crippen MR) is 15.1 cm³/mol. The highest BCUT2D eigenvalue weighted by Crippen LogP contribution is 2.11. The summed E-state index contributed by atoms with van der Waals surface area (Å²) in [4.78, 5) is 0. The van der Waals surface area contributed by atoms with E-state index in [-0.39, 0.29) is 6.10 Å². The fraction of sp³-hybridized carbons (Fsp3) is 0.667. The van der Waals surface area contributed by atoms with Crippen LogP contribution in [0.2, 0.25) is 0 Å². The molecule has 0 aromatic carbocycles. The molecular formula is C3H4FO. The molecule has 0 spiro atoms. The summed E-state index contributed by atoms with van der Waals surface area (Å²) in [5.41, 5.74) is 0. The van der Waals surface area contributed by atoms with Crippen molar-refractivity contribution in [2.45, 2.75) is 6.10 Å². The van der Waals surface area contributed by atoms with Crippen LogP contribution in [0.3, 0.4) is 0 Å². The van der Waals surface area contributed by atoms with Crippen molar-refractivity contribution < 1.29 is 9.13 Å². The summed E-state index contributed by atoms with van der Waals surface area (Å²) in [5.74, 6) is 0. The lowest BCUT2D eigenvalue weighted by molar-refractivity contribution is 0.391. The minimum atomic E-state index is -0.157. The molecule has 1 atom stereocenters. The van der Waals surface area contributed by atoms with Crippen LogP contribution in [0.4, 0.5) is 4.39 Å². The highest BCUT2D eigenvalue weighted by atomic mass is 19.1. The van der Waals surface area contributed by atoms with Crippen LogP contribution in [0.1, 0.15) is 0 Å². The maximum Gasteiger partial charge on any atom is 0.162 e. The van der Waals surface area contributed by atoms with Gasteiger partial charge < -0.3 is 4.74 Å². The predicted octanol–water partition coefficient (Wildman–Crippen LogP) is 0.516. The maximum atomic E-state index is 10.9. The Hall–Kier alpha value is -0.110. The number of hydrogen-bond acceptors (Lipinski definition) is 1. The quantitative estimate of drug-likeness (QED) is 0.414. The van der Waals surface area contributed by atoms with Gasteiger partial charge in [0.05, 0.1) is 6.61 Å². The molecule has 0 bridgehead atoms. The molecule has 0 aromatic rings. The van der Waals surface area contributed by atoms with Gasteiger partial charge in [-0.25, -0.2) is 4.39 Å². The molecule has 29 valence electrons. The summed E-state index contributed by atoms with van der Waals surface area (Å²) in [6, 6.07) is 0. The smallest absolute Gasteiger partial charge is 0.162 e. The minimum absolute atomic E-state index is 0.157. The van der Waals surface area contributed by atoms with Crippen LogP contribution in [0.25, 0.3) is 0 Å². The second kappa shape index (κ2) is 0.937. The van der Waals surface area contributed by atoms with Gasteiger partial charge in [-0.3, -0.25) is 0 Å². The zero-order valence-corrected chi connectivity index (χ0v) is 2.65. The zero-order chi connectivity index (χ0) is 3.70. The molecule has 1 saturated heterocycles. The molecule has 1 aliphatic rings. The van der Waals surface area contributed by atoms with Crippen LogP contribution in [0.15, 0.2) is 0 Å². The van der Waals surface area contributed by atoms with Crippen molar-refractivity contribution in [2.75, 3.05) is 6.61 Å². The second-order valence-corrected chi connectivity index (χ2v) is 0.998. The Labute approximate surface area is 29.7 Å². The Bertz CT molecular complexity index is 33.9. The van der Waals surface area contributed by atoms with Crippen molar-refractivity contribution in [3.8, 4) is 0 Å². The molecule has 5 heavy (non-hydrogen) atoms. The number of halogens is 1. The number of hydrogen-bond donors (Lipinski definition) is 0. The molecule has 2 heteroatoms. The van der Waals surface area contributed by atoms with Crippen LogP contribution in [0.5, 0.6) is 0 Å². The molecule has 1 radical (unpaired) electrons. The lowest BCUT2D eigenvalue weighted by Crippen LogP contribution is -1.72. The fourth-order valence-electron chi connectivity index (χ4n) is 0.128. The Morgan fingerprint density at radius 3 is 2.60 bits per heavy atom. The molecule has 1 heterocycles. The highest BCUT2D eigenvalue weighted by molar-refractivity contribution is 4.75. The average molecular weight is 75.1 g/mol. The monoisotopic (exact) mass is 75.0 g/mol. The third-order valence-corrected chi connectivity index (χ3v) is 0.500. The van der Waals surface area contributed by atoms with E-state index in [0.29, 0.717) is 13.3 Å². The summed E-state index contributed by atoms with van der Waals surface area (Å²) in [7, 11) is 0. The van der Waals surface area contributed by atoms with E-state index in [0.717, 1.165) is 0 Å². The standard InChI is InChI=1S/C3H4FO/c4-1-3-2-5-3/h1,3H,2H2. The van der Waals surface area contributed by atoms with Gasteiger partial charge in [-0.2, -0.15) is 0 Å². The molecule has 0 N–H and O–H groups in total. The lowest BCUT2D eigenvalue weighted by atomic mass is 10.6. The van der Waals surface area contributed by atoms with Crippen LogP contribution >= 0.6 is 0 Å². The fourth-order valence-corrected chi connectivity index (χ4v) is 0.128. The van der Waals surface area contributed by atoms with Gasteiger partial charge in [0, 0.05) is 0 Å². The third kappa shape index (κ3) is 0.581. The first-order chi connectivity index (χ1) is 2.43. The van der Waals surface area contributed by atoms with E-state index in [1.54, 1.807) is 0 Å². The van der Waals surface area contributed by atoms with Crippen LogP contribution < -0.4 is 0 Å². The molecule has 1 unspecified atom stereocenters. The average Bonchev–Trinajstić information content (AvgIpc) is 2.12. The van der Waals surface area contributed by atoms with Gasteiger partial charge in [0.1, 0.15) is 6.10 Å². The Balaban J connectivity index is 2.00. The van der Waals surface area contributed by atoms with Crippen molar-refractivity contribution in [3.63, 3.8) is 0 Å². The molecule has 0 saturated carbocycles. The van der Waals surface area contributed by atoms with E-state index in [4.69, 9.17) is 0 Å². The molecule has 0 aromatic heterocycles. The topological polar surface area (TPSA) is 12.5 Å². The molecule has 1 rings (SSSR count). The Morgan fingerprint density at radius 1 is 2.00 bits per heavy atom. The molecule has 1 fully saturated rings. The van der Waals surface area contributed by atoms with Crippen LogP contribution in [-0.2, 0) is 4.74 Å². The molecule has 1 nitrogen and oxygen atoms in total. The summed E-state index contributed by atoms with van der Waals surface area (Å²) >= 11 is 0. The Morgan fingerprint density at radius 2 is 2.60 bits per heavy atom. The Kier molecular flexibility index (Phi) is 0.580. The van der Waals surface area contributed by atoms with Gasteiger partial charge in [-0.15, -0.1) is 0 Å². The molecule has 1 aliphatic heterocycles. The lowest BCUT2D eigenvalue weighted by Gasteiger charge is -1.64. The van der Waals surface area contributed by atoms with Crippen molar-refractivity contribution in [1.82, 2.24) is 0 Å². The summed E-state index contributed by atoms with van der Waals surface area (Å²) in [6.45, 7) is 1.14. The summed E-state index contributed by atoms with van der Waals surface area (Å²) in [6.07, 6.45) is -0.157. The number of ether oxygens (including phenoxy) is 1. The van der Waals surface area contributed by atoms with Gasteiger partial charge in [0.25, 0.3) is 0 Å². The van der Waals surface area contributed by atoms with E-state index in [1.165, 1.54) is 0 Å². The van der Waals surface area contributed by atoms with Gasteiger partial charge in [-0.1, -0.05) is 0 Å². The zero-order valence-electron chi connectivity index (χ0n) is 2.65. The second-order valence-electron chi connectivity index (χ2n) is 0.998. The van der Waals surface area contributed by atoms with E-state index < -0.39 is 0 Å². The number of rotatable bonds is 1. The van der Waals surface area contributed by atoms with E-state index in [2.05, 4.69) is 4.74 Å². The van der Waals surface area contributed by atoms with E-state index in [9.17, 15) is 4.39 Å². The third-order valence-electron chi connectivity index (χ3n) is 0.500. The van der Waals surface area contributed by atoms with Crippen LogP contribution in [0, 0.1) is 6.67 Å². The molecular weight excluding hydrogens is 71.0 g/mol. The number of epoxide rings is 1. The van der Waals surface area contributed by atoms with Crippen molar-refractivity contribution in [3.05, 3.63) is 6.67 Å². The summed E-state index contributed by atoms with van der Waals surface area (Å²) < 4.78 is 15.4. The first kappa shape index (κ1) is 3.09. The van der Waals surface area contributed by atoms with Crippen LogP contribution in [-0.4, -0.2) is 12.7 Å². The SMILES string of the molecule is F[CH]C1CO1. The maximum absolute atomic E-state index is 10.9. The first-order valence-electron chi connectivity index (χ1n) is 1.48. The van der Waals surface area contributed by atoms with E-state index >= 15 is 0 Å².